The van der Waals surface area contributed by atoms with Gasteiger partial charge in [0.05, 0.1) is 0 Å². The topological polar surface area (TPSA) is 68.0 Å². The van der Waals surface area contributed by atoms with Crippen LogP contribution in [0.1, 0.15) is 30.1 Å². The number of nitrogens with zero attached hydrogens (tertiary/aromatic N) is 1. The van der Waals surface area contributed by atoms with Gasteiger partial charge in [0.1, 0.15) is 0 Å². The van der Waals surface area contributed by atoms with E-state index in [0.717, 1.165) is 16.6 Å². The van der Waals surface area contributed by atoms with Crippen molar-refractivity contribution in [3.63, 3.8) is 0 Å². The summed E-state index contributed by atoms with van der Waals surface area (Å²) < 4.78 is 0.772. The van der Waals surface area contributed by atoms with E-state index >= 15 is 0 Å². The maximum atomic E-state index is 12.3. The first kappa shape index (κ1) is 12.3. The van der Waals surface area contributed by atoms with Gasteiger partial charge in [0, 0.05) is 34.5 Å². The molecular weight excluding hydrogens is 282 g/mol. The average molecular weight is 296 g/mol. The maximum absolute atomic E-state index is 12.3. The summed E-state index contributed by atoms with van der Waals surface area (Å²) >= 11 is 3.29. The number of pyridine rings is 1. The van der Waals surface area contributed by atoms with Crippen molar-refractivity contribution in [2.24, 2.45) is 5.73 Å². The summed E-state index contributed by atoms with van der Waals surface area (Å²) in [5, 5.41) is 3.08. The second-order valence-corrected chi connectivity index (χ2v) is 5.02. The summed E-state index contributed by atoms with van der Waals surface area (Å²) in [7, 11) is 0. The average Bonchev–Trinajstić information content (AvgIpc) is 2.71. The molecule has 0 spiro atoms. The van der Waals surface area contributed by atoms with Gasteiger partial charge in [-0.05, 0) is 28.4 Å². The molecule has 1 aliphatic rings. The second kappa shape index (κ2) is 4.58. The number of ketones is 1. The lowest BCUT2D eigenvalue weighted by Crippen LogP contribution is -2.56. The SMILES string of the molecule is CCC1=CCC(N)(C(=O)c2cncc(Br)c2)N1. The molecule has 0 radical (unpaired) electrons. The van der Waals surface area contributed by atoms with Gasteiger partial charge >= 0.3 is 0 Å². The van der Waals surface area contributed by atoms with E-state index in [-0.39, 0.29) is 5.78 Å². The third kappa shape index (κ3) is 2.40. The Labute approximate surface area is 108 Å². The van der Waals surface area contributed by atoms with Crippen LogP contribution in [-0.2, 0) is 0 Å². The number of carbonyl (C=O) groups excluding carboxylic acids is 1. The van der Waals surface area contributed by atoms with E-state index in [2.05, 4.69) is 26.2 Å². The Balaban J connectivity index is 2.22. The van der Waals surface area contributed by atoms with Crippen molar-refractivity contribution >= 4 is 21.7 Å². The zero-order valence-electron chi connectivity index (χ0n) is 9.53. The fraction of sp³-hybridized carbons (Fsp3) is 0.333. The third-order valence-corrected chi connectivity index (χ3v) is 3.24. The quantitative estimate of drug-likeness (QED) is 0.837. The van der Waals surface area contributed by atoms with Crippen molar-refractivity contribution in [3.8, 4) is 0 Å². The second-order valence-electron chi connectivity index (χ2n) is 4.10. The molecule has 1 unspecified atom stereocenters. The van der Waals surface area contributed by atoms with Gasteiger partial charge in [0.2, 0.25) is 5.78 Å². The number of hydrogen-bond acceptors (Lipinski definition) is 4. The zero-order chi connectivity index (χ0) is 12.5. The van der Waals surface area contributed by atoms with Gasteiger partial charge in [-0.15, -0.1) is 0 Å². The molecule has 5 heteroatoms. The summed E-state index contributed by atoms with van der Waals surface area (Å²) in [6.07, 6.45) is 6.51. The van der Waals surface area contributed by atoms with Gasteiger partial charge in [-0.3, -0.25) is 9.78 Å². The highest BCUT2D eigenvalue weighted by Gasteiger charge is 2.37. The minimum atomic E-state index is -1.02. The van der Waals surface area contributed by atoms with E-state index in [0.29, 0.717) is 12.0 Å². The van der Waals surface area contributed by atoms with Crippen LogP contribution in [0.3, 0.4) is 0 Å². The fourth-order valence-corrected chi connectivity index (χ4v) is 2.21. The molecule has 0 saturated carbocycles. The molecule has 0 bridgehead atoms. The fourth-order valence-electron chi connectivity index (χ4n) is 1.85. The van der Waals surface area contributed by atoms with Crippen LogP contribution in [0.15, 0.2) is 34.7 Å². The van der Waals surface area contributed by atoms with Crippen molar-refractivity contribution in [1.29, 1.82) is 0 Å². The lowest BCUT2D eigenvalue weighted by Gasteiger charge is -2.24. The monoisotopic (exact) mass is 295 g/mol. The van der Waals surface area contributed by atoms with Gasteiger partial charge in [0.25, 0.3) is 0 Å². The Kier molecular flexibility index (Phi) is 3.31. The Morgan fingerprint density at radius 1 is 1.65 bits per heavy atom. The lowest BCUT2D eigenvalue weighted by molar-refractivity contribution is 0.0875. The molecule has 0 fully saturated rings. The molecule has 4 nitrogen and oxygen atoms in total. The summed E-state index contributed by atoms with van der Waals surface area (Å²) in [6.45, 7) is 2.02. The molecule has 1 aromatic rings. The van der Waals surface area contributed by atoms with Crippen LogP contribution in [0.2, 0.25) is 0 Å². The number of halogens is 1. The van der Waals surface area contributed by atoms with E-state index in [1.165, 1.54) is 6.20 Å². The standard InChI is InChI=1S/C12H14BrN3O/c1-2-10-3-4-12(14,16-10)11(17)8-5-9(13)7-15-6-8/h3,5-7,16H,2,4,14H2,1H3. The van der Waals surface area contributed by atoms with Gasteiger partial charge in [0.15, 0.2) is 5.66 Å². The van der Waals surface area contributed by atoms with Crippen LogP contribution in [0.25, 0.3) is 0 Å². The molecule has 0 aliphatic carbocycles. The van der Waals surface area contributed by atoms with Crippen LogP contribution >= 0.6 is 15.9 Å². The van der Waals surface area contributed by atoms with Gasteiger partial charge in [-0.25, -0.2) is 0 Å². The molecule has 90 valence electrons. The highest BCUT2D eigenvalue weighted by Crippen LogP contribution is 2.22. The maximum Gasteiger partial charge on any atom is 0.204 e. The Hall–Kier alpha value is -1.20. The largest absolute Gasteiger partial charge is 0.364 e. The zero-order valence-corrected chi connectivity index (χ0v) is 11.1. The Morgan fingerprint density at radius 3 is 3.00 bits per heavy atom. The smallest absolute Gasteiger partial charge is 0.204 e. The molecule has 2 rings (SSSR count). The van der Waals surface area contributed by atoms with E-state index in [9.17, 15) is 4.79 Å². The molecule has 1 atom stereocenters. The highest BCUT2D eigenvalue weighted by molar-refractivity contribution is 9.10. The van der Waals surface area contributed by atoms with E-state index < -0.39 is 5.66 Å². The highest BCUT2D eigenvalue weighted by atomic mass is 79.9. The number of Topliss-reactive ketones (excluding diaryl/α,β-unsaturated/α-hetero) is 1. The number of nitrogens with one attached hydrogen (secondary N) is 1. The first-order valence-corrected chi connectivity index (χ1v) is 6.26. The van der Waals surface area contributed by atoms with Crippen LogP contribution in [0.4, 0.5) is 0 Å². The van der Waals surface area contributed by atoms with Crippen molar-refractivity contribution in [1.82, 2.24) is 10.3 Å². The molecule has 0 amide bonds. The van der Waals surface area contributed by atoms with Crippen molar-refractivity contribution in [2.75, 3.05) is 0 Å². The number of aromatic nitrogens is 1. The van der Waals surface area contributed by atoms with Crippen LogP contribution in [0.5, 0.6) is 0 Å². The predicted octanol–water partition coefficient (Wildman–Crippen LogP) is 1.97. The first-order valence-electron chi connectivity index (χ1n) is 5.46. The third-order valence-electron chi connectivity index (χ3n) is 2.81. The number of carbonyl (C=O) groups is 1. The first-order chi connectivity index (χ1) is 8.05. The van der Waals surface area contributed by atoms with E-state index in [1.807, 2.05) is 13.0 Å². The van der Waals surface area contributed by atoms with E-state index in [1.54, 1.807) is 12.3 Å². The summed E-state index contributed by atoms with van der Waals surface area (Å²) in [5.74, 6) is -0.133. The molecule has 1 aliphatic heterocycles. The predicted molar refractivity (Wildman–Crippen MR) is 69.3 cm³/mol. The number of rotatable bonds is 3. The molecule has 2 heterocycles. The molecule has 0 aromatic carbocycles. The van der Waals surface area contributed by atoms with Crippen molar-refractivity contribution < 1.29 is 4.79 Å². The normalized spacial score (nSPS) is 23.1. The summed E-state index contributed by atoms with van der Waals surface area (Å²) in [5.41, 5.74) is 6.61. The van der Waals surface area contributed by atoms with Crippen LogP contribution in [-0.4, -0.2) is 16.4 Å². The molecule has 0 saturated heterocycles. The van der Waals surface area contributed by atoms with Gasteiger partial charge < -0.3 is 11.1 Å². The van der Waals surface area contributed by atoms with Crippen LogP contribution in [0, 0.1) is 0 Å². The van der Waals surface area contributed by atoms with Crippen molar-refractivity contribution in [3.05, 3.63) is 40.3 Å². The molecule has 17 heavy (non-hydrogen) atoms. The minimum absolute atomic E-state index is 0.133. The number of hydrogen-bond donors (Lipinski definition) is 2. The number of allylic oxidation sites excluding steroid dienone is 1. The Bertz CT molecular complexity index is 486. The molecule has 1 aromatic heterocycles. The van der Waals surface area contributed by atoms with Crippen LogP contribution < -0.4 is 11.1 Å². The van der Waals surface area contributed by atoms with Gasteiger partial charge in [-0.1, -0.05) is 13.0 Å². The van der Waals surface area contributed by atoms with Crippen molar-refractivity contribution in [2.45, 2.75) is 25.4 Å². The van der Waals surface area contributed by atoms with Gasteiger partial charge in [-0.2, -0.15) is 0 Å². The van der Waals surface area contributed by atoms with E-state index in [4.69, 9.17) is 5.73 Å². The Morgan fingerprint density at radius 2 is 2.41 bits per heavy atom. The lowest BCUT2D eigenvalue weighted by atomic mass is 9.98. The summed E-state index contributed by atoms with van der Waals surface area (Å²) in [6, 6.07) is 1.73. The minimum Gasteiger partial charge on any atom is -0.364 e. The summed E-state index contributed by atoms with van der Waals surface area (Å²) in [4.78, 5) is 16.3. The number of nitrogens with two attached hydrogens (primary N) is 1. The molecule has 3 N–H and O–H groups in total. The molecular formula is C12H14BrN3O.